The minimum atomic E-state index is 0.448. The Morgan fingerprint density at radius 2 is 2.21 bits per heavy atom. The van der Waals surface area contributed by atoms with Crippen molar-refractivity contribution in [3.05, 3.63) is 51.5 Å². The molecule has 0 spiro atoms. The first-order valence-corrected chi connectivity index (χ1v) is 8.95. The fourth-order valence-corrected chi connectivity index (χ4v) is 2.98. The van der Waals surface area contributed by atoms with E-state index >= 15 is 0 Å². The van der Waals surface area contributed by atoms with Gasteiger partial charge >= 0.3 is 0 Å². The van der Waals surface area contributed by atoms with E-state index in [0.29, 0.717) is 24.6 Å². The van der Waals surface area contributed by atoms with E-state index in [0.717, 1.165) is 28.8 Å². The van der Waals surface area contributed by atoms with Crippen LogP contribution in [0.15, 0.2) is 34.6 Å². The SMILES string of the molecule is CCNC(=NCc1cccc(C#N)c1)NCc1nc(C(C)C)cs1. The number of aromatic nitrogens is 1. The molecular weight excluding hydrogens is 318 g/mol. The highest BCUT2D eigenvalue weighted by atomic mass is 32.1. The fraction of sp³-hybridized carbons (Fsp3) is 0.389. The number of nitrogens with one attached hydrogen (secondary N) is 2. The molecule has 126 valence electrons. The summed E-state index contributed by atoms with van der Waals surface area (Å²) in [6.45, 7) is 8.30. The Morgan fingerprint density at radius 1 is 1.38 bits per heavy atom. The van der Waals surface area contributed by atoms with Crippen LogP contribution in [0.4, 0.5) is 0 Å². The van der Waals surface area contributed by atoms with Gasteiger partial charge in [0.25, 0.3) is 0 Å². The van der Waals surface area contributed by atoms with Crippen molar-refractivity contribution >= 4 is 17.3 Å². The van der Waals surface area contributed by atoms with Gasteiger partial charge in [-0.3, -0.25) is 0 Å². The highest BCUT2D eigenvalue weighted by Crippen LogP contribution is 2.17. The third-order valence-electron chi connectivity index (χ3n) is 3.39. The number of aliphatic imine (C=N–C) groups is 1. The quantitative estimate of drug-likeness (QED) is 0.624. The standard InChI is InChI=1S/C18H23N5S/c1-4-20-18(21-10-15-7-5-6-14(8-15)9-19)22-11-17-23-16(12-24-17)13(2)3/h5-8,12-13H,4,10-11H2,1-3H3,(H2,20,21,22). The van der Waals surface area contributed by atoms with Crippen LogP contribution in [0.25, 0.3) is 0 Å². The molecule has 0 fully saturated rings. The van der Waals surface area contributed by atoms with Crippen LogP contribution < -0.4 is 10.6 Å². The van der Waals surface area contributed by atoms with Crippen LogP contribution in [-0.4, -0.2) is 17.5 Å². The molecule has 1 heterocycles. The van der Waals surface area contributed by atoms with Gasteiger partial charge in [-0.1, -0.05) is 26.0 Å². The Bertz CT molecular complexity index is 727. The molecule has 0 aliphatic carbocycles. The summed E-state index contributed by atoms with van der Waals surface area (Å²) in [5, 5.41) is 18.7. The molecule has 6 heteroatoms. The van der Waals surface area contributed by atoms with Gasteiger partial charge in [0, 0.05) is 11.9 Å². The normalized spacial score (nSPS) is 11.4. The molecule has 0 bridgehead atoms. The Kier molecular flexibility index (Phi) is 6.76. The third kappa shape index (κ3) is 5.36. The van der Waals surface area contributed by atoms with Gasteiger partial charge in [0.1, 0.15) is 5.01 Å². The highest BCUT2D eigenvalue weighted by molar-refractivity contribution is 7.09. The average molecular weight is 341 g/mol. The van der Waals surface area contributed by atoms with Crippen molar-refractivity contribution in [3.8, 4) is 6.07 Å². The minimum absolute atomic E-state index is 0.448. The summed E-state index contributed by atoms with van der Waals surface area (Å²) in [5.74, 6) is 1.20. The Hall–Kier alpha value is -2.39. The largest absolute Gasteiger partial charge is 0.357 e. The maximum atomic E-state index is 8.96. The smallest absolute Gasteiger partial charge is 0.191 e. The molecule has 2 N–H and O–H groups in total. The van der Waals surface area contributed by atoms with Crippen molar-refractivity contribution < 1.29 is 0 Å². The van der Waals surface area contributed by atoms with Gasteiger partial charge in [-0.05, 0) is 30.5 Å². The summed E-state index contributed by atoms with van der Waals surface area (Å²) in [7, 11) is 0. The summed E-state index contributed by atoms with van der Waals surface area (Å²) in [4.78, 5) is 9.20. The molecule has 0 saturated carbocycles. The number of rotatable bonds is 6. The topological polar surface area (TPSA) is 73.1 Å². The molecule has 24 heavy (non-hydrogen) atoms. The number of guanidine groups is 1. The first-order chi connectivity index (χ1) is 11.6. The van der Waals surface area contributed by atoms with E-state index in [1.165, 1.54) is 0 Å². The van der Waals surface area contributed by atoms with Crippen LogP contribution >= 0.6 is 11.3 Å². The number of hydrogen-bond acceptors (Lipinski definition) is 4. The van der Waals surface area contributed by atoms with Crippen LogP contribution in [0, 0.1) is 11.3 Å². The van der Waals surface area contributed by atoms with Crippen molar-refractivity contribution in [2.75, 3.05) is 6.54 Å². The molecule has 0 aliphatic rings. The van der Waals surface area contributed by atoms with Gasteiger partial charge in [-0.25, -0.2) is 9.98 Å². The van der Waals surface area contributed by atoms with Gasteiger partial charge in [0.2, 0.25) is 0 Å². The molecule has 0 saturated heterocycles. The number of nitriles is 1. The van der Waals surface area contributed by atoms with E-state index < -0.39 is 0 Å². The second-order valence-corrected chi connectivity index (χ2v) is 6.62. The average Bonchev–Trinajstić information content (AvgIpc) is 3.07. The van der Waals surface area contributed by atoms with Crippen LogP contribution in [0.3, 0.4) is 0 Å². The Morgan fingerprint density at radius 3 is 2.88 bits per heavy atom. The Balaban J connectivity index is 1.98. The molecule has 2 rings (SSSR count). The lowest BCUT2D eigenvalue weighted by Gasteiger charge is -2.10. The van der Waals surface area contributed by atoms with Crippen LogP contribution in [0.5, 0.6) is 0 Å². The Labute approximate surface area is 147 Å². The zero-order valence-electron chi connectivity index (χ0n) is 14.3. The lowest BCUT2D eigenvalue weighted by atomic mass is 10.1. The molecule has 1 aromatic heterocycles. The number of benzene rings is 1. The van der Waals surface area contributed by atoms with Gasteiger partial charge in [0.15, 0.2) is 5.96 Å². The summed E-state index contributed by atoms with van der Waals surface area (Å²) >= 11 is 1.66. The zero-order valence-corrected chi connectivity index (χ0v) is 15.2. The molecule has 0 atom stereocenters. The summed E-state index contributed by atoms with van der Waals surface area (Å²) in [5.41, 5.74) is 2.80. The van der Waals surface area contributed by atoms with Gasteiger partial charge in [-0.2, -0.15) is 5.26 Å². The van der Waals surface area contributed by atoms with Gasteiger partial charge in [-0.15, -0.1) is 11.3 Å². The third-order valence-corrected chi connectivity index (χ3v) is 4.26. The summed E-state index contributed by atoms with van der Waals surface area (Å²) in [6, 6.07) is 9.67. The maximum Gasteiger partial charge on any atom is 0.191 e. The molecule has 5 nitrogen and oxygen atoms in total. The lowest BCUT2D eigenvalue weighted by molar-refractivity contribution is 0.788. The molecule has 0 amide bonds. The van der Waals surface area contributed by atoms with Crippen LogP contribution in [0.1, 0.15) is 48.5 Å². The van der Waals surface area contributed by atoms with E-state index in [1.54, 1.807) is 17.4 Å². The number of nitrogens with zero attached hydrogens (tertiary/aromatic N) is 3. The fourth-order valence-electron chi connectivity index (χ4n) is 2.08. The van der Waals surface area contributed by atoms with E-state index in [1.807, 2.05) is 25.1 Å². The van der Waals surface area contributed by atoms with Gasteiger partial charge < -0.3 is 10.6 Å². The maximum absolute atomic E-state index is 8.96. The summed E-state index contributed by atoms with van der Waals surface area (Å²) < 4.78 is 0. The van der Waals surface area contributed by atoms with E-state index in [4.69, 9.17) is 5.26 Å². The van der Waals surface area contributed by atoms with Crippen molar-refractivity contribution in [1.29, 1.82) is 5.26 Å². The molecule has 0 radical (unpaired) electrons. The van der Waals surface area contributed by atoms with Crippen molar-refractivity contribution in [2.24, 2.45) is 4.99 Å². The van der Waals surface area contributed by atoms with Crippen LogP contribution in [0.2, 0.25) is 0 Å². The van der Waals surface area contributed by atoms with Crippen molar-refractivity contribution in [2.45, 2.75) is 39.8 Å². The molecule has 0 aliphatic heterocycles. The lowest BCUT2D eigenvalue weighted by Crippen LogP contribution is -2.36. The second-order valence-electron chi connectivity index (χ2n) is 5.68. The minimum Gasteiger partial charge on any atom is -0.357 e. The van der Waals surface area contributed by atoms with Crippen molar-refractivity contribution in [3.63, 3.8) is 0 Å². The number of thiazole rings is 1. The number of hydrogen-bond donors (Lipinski definition) is 2. The van der Waals surface area contributed by atoms with Crippen molar-refractivity contribution in [1.82, 2.24) is 15.6 Å². The summed E-state index contributed by atoms with van der Waals surface area (Å²) in [6.07, 6.45) is 0. The van der Waals surface area contributed by atoms with E-state index in [2.05, 4.69) is 45.9 Å². The van der Waals surface area contributed by atoms with Gasteiger partial charge in [0.05, 0.1) is 30.4 Å². The first-order valence-electron chi connectivity index (χ1n) is 8.08. The second kappa shape index (κ2) is 9.04. The van der Waals surface area contributed by atoms with E-state index in [9.17, 15) is 0 Å². The molecule has 0 unspecified atom stereocenters. The zero-order chi connectivity index (χ0) is 17.4. The predicted octanol–water partition coefficient (Wildman–Crippen LogP) is 3.39. The molecule has 1 aromatic carbocycles. The van der Waals surface area contributed by atoms with E-state index in [-0.39, 0.29) is 0 Å². The van der Waals surface area contributed by atoms with Crippen LogP contribution in [-0.2, 0) is 13.1 Å². The predicted molar refractivity (Wildman–Crippen MR) is 99.0 cm³/mol. The molecule has 2 aromatic rings. The first kappa shape index (κ1) is 18.0. The molecular formula is C18H23N5S. The highest BCUT2D eigenvalue weighted by Gasteiger charge is 2.06. The monoisotopic (exact) mass is 341 g/mol.